The van der Waals surface area contributed by atoms with E-state index in [0.717, 1.165) is 6.26 Å². The van der Waals surface area contributed by atoms with Crippen LogP contribution in [0.4, 0.5) is 5.82 Å². The first-order valence-corrected chi connectivity index (χ1v) is 7.38. The van der Waals surface area contributed by atoms with Crippen molar-refractivity contribution < 1.29 is 13.5 Å². The van der Waals surface area contributed by atoms with Gasteiger partial charge in [-0.15, -0.1) is 0 Å². The highest BCUT2D eigenvalue weighted by Crippen LogP contribution is 2.15. The first-order valence-electron chi connectivity index (χ1n) is 5.49. The third kappa shape index (κ3) is 4.59. The number of sulfone groups is 1. The van der Waals surface area contributed by atoms with Gasteiger partial charge in [-0.3, -0.25) is 0 Å². The Bertz CT molecular complexity index is 521. The molecule has 0 aliphatic heterocycles. The Morgan fingerprint density at radius 2 is 2.06 bits per heavy atom. The standard InChI is InChI=1S/C11H19N3O3S/c1-11(2,15)7-13-9-4-8(6-12)5-10(14-9)18(3,16)17/h4-5,15H,6-7,12H2,1-3H3,(H,13,14). The second-order valence-corrected chi connectivity index (χ2v) is 6.80. The highest BCUT2D eigenvalue weighted by molar-refractivity contribution is 7.90. The average molecular weight is 273 g/mol. The summed E-state index contributed by atoms with van der Waals surface area (Å²) in [4.78, 5) is 3.99. The zero-order chi connectivity index (χ0) is 14.0. The summed E-state index contributed by atoms with van der Waals surface area (Å²) in [5.41, 5.74) is 5.27. The van der Waals surface area contributed by atoms with Gasteiger partial charge in [-0.2, -0.15) is 0 Å². The van der Waals surface area contributed by atoms with E-state index in [1.165, 1.54) is 6.07 Å². The van der Waals surface area contributed by atoms with Gasteiger partial charge in [0.2, 0.25) is 0 Å². The van der Waals surface area contributed by atoms with Crippen molar-refractivity contribution in [1.29, 1.82) is 0 Å². The molecule has 0 saturated heterocycles. The van der Waals surface area contributed by atoms with E-state index in [1.807, 2.05) is 0 Å². The average Bonchev–Trinajstić information content (AvgIpc) is 2.24. The predicted molar refractivity (Wildman–Crippen MR) is 70.0 cm³/mol. The maximum absolute atomic E-state index is 11.5. The van der Waals surface area contributed by atoms with Crippen molar-refractivity contribution in [3.8, 4) is 0 Å². The van der Waals surface area contributed by atoms with Gasteiger partial charge in [0.1, 0.15) is 5.82 Å². The summed E-state index contributed by atoms with van der Waals surface area (Å²) in [6.07, 6.45) is 1.09. The Morgan fingerprint density at radius 3 is 2.50 bits per heavy atom. The second kappa shape index (κ2) is 5.21. The molecular weight excluding hydrogens is 254 g/mol. The van der Waals surface area contributed by atoms with Crippen LogP contribution in [0.25, 0.3) is 0 Å². The SMILES string of the molecule is CC(C)(O)CNc1cc(CN)cc(S(C)(=O)=O)n1. The molecule has 0 unspecified atom stereocenters. The first-order chi connectivity index (χ1) is 8.12. The summed E-state index contributed by atoms with van der Waals surface area (Å²) in [6.45, 7) is 3.77. The maximum Gasteiger partial charge on any atom is 0.192 e. The number of aromatic nitrogens is 1. The molecule has 0 spiro atoms. The smallest absolute Gasteiger partial charge is 0.192 e. The first kappa shape index (κ1) is 14.9. The molecule has 4 N–H and O–H groups in total. The molecule has 0 fully saturated rings. The Morgan fingerprint density at radius 1 is 1.44 bits per heavy atom. The molecule has 7 heteroatoms. The van der Waals surface area contributed by atoms with E-state index in [-0.39, 0.29) is 18.1 Å². The van der Waals surface area contributed by atoms with Crippen molar-refractivity contribution >= 4 is 15.7 Å². The summed E-state index contributed by atoms with van der Waals surface area (Å²) in [5.74, 6) is 0.389. The lowest BCUT2D eigenvalue weighted by Gasteiger charge is -2.18. The maximum atomic E-state index is 11.5. The molecule has 0 atom stereocenters. The number of anilines is 1. The molecule has 1 rings (SSSR count). The molecule has 0 aliphatic carbocycles. The van der Waals surface area contributed by atoms with Gasteiger partial charge in [0.05, 0.1) is 5.60 Å². The van der Waals surface area contributed by atoms with Crippen molar-refractivity contribution in [2.45, 2.75) is 31.0 Å². The number of pyridine rings is 1. The summed E-state index contributed by atoms with van der Waals surface area (Å²) in [5, 5.41) is 12.5. The number of nitrogens with one attached hydrogen (secondary N) is 1. The molecule has 18 heavy (non-hydrogen) atoms. The van der Waals surface area contributed by atoms with E-state index in [4.69, 9.17) is 5.73 Å². The Balaban J connectivity index is 3.06. The van der Waals surface area contributed by atoms with Crippen LogP contribution >= 0.6 is 0 Å². The van der Waals surface area contributed by atoms with E-state index < -0.39 is 15.4 Å². The summed E-state index contributed by atoms with van der Waals surface area (Å²) in [7, 11) is -3.38. The highest BCUT2D eigenvalue weighted by atomic mass is 32.2. The van der Waals surface area contributed by atoms with Gasteiger partial charge in [0, 0.05) is 19.3 Å². The fourth-order valence-electron chi connectivity index (χ4n) is 1.26. The molecule has 0 amide bonds. The van der Waals surface area contributed by atoms with Crippen LogP contribution in [0.3, 0.4) is 0 Å². The normalized spacial score (nSPS) is 12.5. The molecule has 0 aliphatic rings. The van der Waals surface area contributed by atoms with Crippen LogP contribution in [0.15, 0.2) is 17.2 Å². The fourth-order valence-corrected chi connectivity index (χ4v) is 1.89. The third-order valence-electron chi connectivity index (χ3n) is 2.18. The molecule has 1 aromatic heterocycles. The molecule has 0 saturated carbocycles. The molecule has 1 aromatic rings. The Hall–Kier alpha value is -1.18. The highest BCUT2D eigenvalue weighted by Gasteiger charge is 2.15. The zero-order valence-corrected chi connectivity index (χ0v) is 11.6. The Kier molecular flexibility index (Phi) is 4.31. The minimum absolute atomic E-state index is 0.0244. The Labute approximate surface area is 107 Å². The lowest BCUT2D eigenvalue weighted by atomic mass is 10.1. The van der Waals surface area contributed by atoms with E-state index >= 15 is 0 Å². The molecular formula is C11H19N3O3S. The predicted octanol–water partition coefficient (Wildman–Crippen LogP) is 0.127. The van der Waals surface area contributed by atoms with Crippen LogP contribution in [0, 0.1) is 0 Å². The lowest BCUT2D eigenvalue weighted by Crippen LogP contribution is -2.29. The van der Waals surface area contributed by atoms with E-state index in [2.05, 4.69) is 10.3 Å². The summed E-state index contributed by atoms with van der Waals surface area (Å²) >= 11 is 0. The van der Waals surface area contributed by atoms with E-state index in [1.54, 1.807) is 19.9 Å². The number of rotatable bonds is 5. The van der Waals surface area contributed by atoms with Gasteiger partial charge >= 0.3 is 0 Å². The van der Waals surface area contributed by atoms with Crippen molar-refractivity contribution in [3.63, 3.8) is 0 Å². The molecule has 0 bridgehead atoms. The number of hydrogen-bond acceptors (Lipinski definition) is 6. The van der Waals surface area contributed by atoms with Crippen LogP contribution in [-0.2, 0) is 16.4 Å². The number of aliphatic hydroxyl groups is 1. The van der Waals surface area contributed by atoms with Crippen molar-refractivity contribution in [3.05, 3.63) is 17.7 Å². The van der Waals surface area contributed by atoms with E-state index in [9.17, 15) is 13.5 Å². The van der Waals surface area contributed by atoms with Gasteiger partial charge in [-0.25, -0.2) is 13.4 Å². The lowest BCUT2D eigenvalue weighted by molar-refractivity contribution is 0.0944. The van der Waals surface area contributed by atoms with Crippen LogP contribution in [0.5, 0.6) is 0 Å². The zero-order valence-electron chi connectivity index (χ0n) is 10.8. The van der Waals surface area contributed by atoms with Gasteiger partial charge in [0.15, 0.2) is 14.9 Å². The van der Waals surface area contributed by atoms with Gasteiger partial charge in [-0.05, 0) is 31.5 Å². The van der Waals surface area contributed by atoms with Crippen molar-refractivity contribution in [2.24, 2.45) is 5.73 Å². The van der Waals surface area contributed by atoms with Crippen molar-refractivity contribution in [1.82, 2.24) is 4.98 Å². The monoisotopic (exact) mass is 273 g/mol. The second-order valence-electron chi connectivity index (χ2n) is 4.84. The number of nitrogens with two attached hydrogens (primary N) is 1. The largest absolute Gasteiger partial charge is 0.389 e. The molecule has 102 valence electrons. The van der Waals surface area contributed by atoms with Gasteiger partial charge in [0.25, 0.3) is 0 Å². The summed E-state index contributed by atoms with van der Waals surface area (Å²) < 4.78 is 22.9. The minimum atomic E-state index is -3.38. The molecule has 1 heterocycles. The molecule has 6 nitrogen and oxygen atoms in total. The molecule has 0 radical (unpaired) electrons. The van der Waals surface area contributed by atoms with Crippen LogP contribution in [0.2, 0.25) is 0 Å². The quantitative estimate of drug-likeness (QED) is 0.704. The third-order valence-corrected chi connectivity index (χ3v) is 3.15. The number of hydrogen-bond donors (Lipinski definition) is 3. The van der Waals surface area contributed by atoms with Gasteiger partial charge < -0.3 is 16.2 Å². The molecule has 0 aromatic carbocycles. The number of nitrogens with zero attached hydrogens (tertiary/aromatic N) is 1. The van der Waals surface area contributed by atoms with Crippen LogP contribution in [0.1, 0.15) is 19.4 Å². The summed E-state index contributed by atoms with van der Waals surface area (Å²) in [6, 6.07) is 3.12. The van der Waals surface area contributed by atoms with Gasteiger partial charge in [-0.1, -0.05) is 0 Å². The van der Waals surface area contributed by atoms with E-state index in [0.29, 0.717) is 11.4 Å². The van der Waals surface area contributed by atoms with Crippen LogP contribution in [-0.4, -0.2) is 36.9 Å². The topological polar surface area (TPSA) is 105 Å². The fraction of sp³-hybridized carbons (Fsp3) is 0.545. The minimum Gasteiger partial charge on any atom is -0.389 e. The van der Waals surface area contributed by atoms with Crippen LogP contribution < -0.4 is 11.1 Å². The van der Waals surface area contributed by atoms with Crippen molar-refractivity contribution in [2.75, 3.05) is 18.1 Å².